The molecule has 0 saturated heterocycles. The lowest BCUT2D eigenvalue weighted by molar-refractivity contribution is 0.0921. The fourth-order valence-electron chi connectivity index (χ4n) is 1.73. The Balaban J connectivity index is 2.09. The first-order valence-corrected chi connectivity index (χ1v) is 7.39. The first-order valence-electron chi connectivity index (χ1n) is 5.84. The van der Waals surface area contributed by atoms with Crippen molar-refractivity contribution >= 4 is 44.9 Å². The van der Waals surface area contributed by atoms with Crippen LogP contribution in [-0.4, -0.2) is 12.4 Å². The molecule has 0 fully saturated rings. The topological polar surface area (TPSA) is 26.3 Å². The fourth-order valence-corrected chi connectivity index (χ4v) is 2.88. The standard InChI is InChI=1S/C15H11BrCl2O2/c1-9-6-11(16)7-13(18)15(9)20-8-14(19)10-2-4-12(17)5-3-10/h2-7H,8H2,1H3. The normalized spacial score (nSPS) is 10.4. The van der Waals surface area contributed by atoms with Gasteiger partial charge in [0.25, 0.3) is 0 Å². The minimum absolute atomic E-state index is 0.0657. The van der Waals surface area contributed by atoms with Gasteiger partial charge in [-0.25, -0.2) is 0 Å². The molecule has 104 valence electrons. The lowest BCUT2D eigenvalue weighted by atomic mass is 10.1. The molecule has 0 atom stereocenters. The Morgan fingerprint density at radius 3 is 2.45 bits per heavy atom. The maximum Gasteiger partial charge on any atom is 0.200 e. The molecule has 20 heavy (non-hydrogen) atoms. The predicted molar refractivity (Wildman–Crippen MR) is 85.2 cm³/mol. The van der Waals surface area contributed by atoms with Crippen LogP contribution in [0.2, 0.25) is 10.0 Å². The number of Topliss-reactive ketones (excluding diaryl/α,β-unsaturated/α-hetero) is 1. The Kier molecular flexibility index (Phi) is 5.08. The van der Waals surface area contributed by atoms with Gasteiger partial charge < -0.3 is 4.74 Å². The molecule has 0 aliphatic heterocycles. The van der Waals surface area contributed by atoms with Crippen LogP contribution in [0, 0.1) is 6.92 Å². The van der Waals surface area contributed by atoms with E-state index in [0.717, 1.165) is 10.0 Å². The van der Waals surface area contributed by atoms with Crippen LogP contribution in [0.1, 0.15) is 15.9 Å². The third-order valence-corrected chi connectivity index (χ3v) is 3.70. The molecule has 2 nitrogen and oxygen atoms in total. The molecule has 2 aromatic carbocycles. The van der Waals surface area contributed by atoms with Crippen LogP contribution in [0.5, 0.6) is 5.75 Å². The summed E-state index contributed by atoms with van der Waals surface area (Å²) in [5.41, 5.74) is 1.42. The van der Waals surface area contributed by atoms with Gasteiger partial charge in [0, 0.05) is 15.1 Å². The molecule has 0 spiro atoms. The third kappa shape index (κ3) is 3.75. The minimum Gasteiger partial charge on any atom is -0.484 e. The zero-order valence-electron chi connectivity index (χ0n) is 10.6. The van der Waals surface area contributed by atoms with Crippen molar-refractivity contribution in [2.24, 2.45) is 0 Å². The van der Waals surface area contributed by atoms with Crippen LogP contribution in [0.15, 0.2) is 40.9 Å². The summed E-state index contributed by atoms with van der Waals surface area (Å²) in [5.74, 6) is 0.400. The van der Waals surface area contributed by atoms with Crippen molar-refractivity contribution < 1.29 is 9.53 Å². The number of halogens is 3. The number of hydrogen-bond donors (Lipinski definition) is 0. The van der Waals surface area contributed by atoms with E-state index in [1.54, 1.807) is 30.3 Å². The van der Waals surface area contributed by atoms with Gasteiger partial charge in [0.15, 0.2) is 12.4 Å². The highest BCUT2D eigenvalue weighted by Crippen LogP contribution is 2.32. The first-order chi connectivity index (χ1) is 9.47. The molecule has 0 amide bonds. The number of carbonyl (C=O) groups is 1. The van der Waals surface area contributed by atoms with E-state index in [0.29, 0.717) is 21.4 Å². The van der Waals surface area contributed by atoms with Gasteiger partial charge in [-0.2, -0.15) is 0 Å². The van der Waals surface area contributed by atoms with Crippen LogP contribution in [0.4, 0.5) is 0 Å². The van der Waals surface area contributed by atoms with Gasteiger partial charge in [0.05, 0.1) is 5.02 Å². The smallest absolute Gasteiger partial charge is 0.200 e. The average molecular weight is 374 g/mol. The minimum atomic E-state index is -0.125. The van der Waals surface area contributed by atoms with Gasteiger partial charge >= 0.3 is 0 Å². The zero-order chi connectivity index (χ0) is 14.7. The van der Waals surface area contributed by atoms with Crippen LogP contribution in [-0.2, 0) is 0 Å². The first kappa shape index (κ1) is 15.4. The molecule has 0 aliphatic rings. The zero-order valence-corrected chi connectivity index (χ0v) is 13.7. The highest BCUT2D eigenvalue weighted by atomic mass is 79.9. The summed E-state index contributed by atoms with van der Waals surface area (Å²) in [6.45, 7) is 1.81. The van der Waals surface area contributed by atoms with E-state index in [1.165, 1.54) is 0 Å². The van der Waals surface area contributed by atoms with Crippen LogP contribution in [0.25, 0.3) is 0 Å². The van der Waals surface area contributed by atoms with Gasteiger partial charge in [-0.1, -0.05) is 39.1 Å². The second-order valence-corrected chi connectivity index (χ2v) is 6.01. The van der Waals surface area contributed by atoms with E-state index >= 15 is 0 Å². The summed E-state index contributed by atoms with van der Waals surface area (Å²) in [7, 11) is 0. The average Bonchev–Trinajstić information content (AvgIpc) is 2.38. The number of ether oxygens (including phenoxy) is 1. The SMILES string of the molecule is Cc1cc(Br)cc(Cl)c1OCC(=O)c1ccc(Cl)cc1. The van der Waals surface area contributed by atoms with Gasteiger partial charge in [-0.15, -0.1) is 0 Å². The van der Waals surface area contributed by atoms with Crippen molar-refractivity contribution in [1.82, 2.24) is 0 Å². The van der Waals surface area contributed by atoms with E-state index in [9.17, 15) is 4.79 Å². The highest BCUT2D eigenvalue weighted by Gasteiger charge is 2.11. The molecule has 5 heteroatoms. The number of hydrogen-bond acceptors (Lipinski definition) is 2. The lowest BCUT2D eigenvalue weighted by Gasteiger charge is -2.11. The van der Waals surface area contributed by atoms with Crippen molar-refractivity contribution in [3.05, 3.63) is 62.0 Å². The Morgan fingerprint density at radius 1 is 1.20 bits per heavy atom. The summed E-state index contributed by atoms with van der Waals surface area (Å²) in [6, 6.07) is 10.3. The molecular weight excluding hydrogens is 363 g/mol. The van der Waals surface area contributed by atoms with Crippen molar-refractivity contribution in [3.63, 3.8) is 0 Å². The predicted octanol–water partition coefficient (Wildman–Crippen LogP) is 5.33. The van der Waals surface area contributed by atoms with Crippen LogP contribution >= 0.6 is 39.1 Å². The molecular formula is C15H11BrCl2O2. The molecule has 0 unspecified atom stereocenters. The number of rotatable bonds is 4. The second-order valence-electron chi connectivity index (χ2n) is 4.25. The number of aryl methyl sites for hydroxylation is 1. The lowest BCUT2D eigenvalue weighted by Crippen LogP contribution is -2.12. The van der Waals surface area contributed by atoms with Gasteiger partial charge in [-0.3, -0.25) is 4.79 Å². The molecule has 0 aromatic heterocycles. The van der Waals surface area contributed by atoms with E-state index in [2.05, 4.69) is 15.9 Å². The van der Waals surface area contributed by atoms with Gasteiger partial charge in [0.1, 0.15) is 5.75 Å². The maximum atomic E-state index is 12.0. The Labute approximate surface area is 135 Å². The maximum absolute atomic E-state index is 12.0. The van der Waals surface area contributed by atoms with E-state index in [-0.39, 0.29) is 12.4 Å². The largest absolute Gasteiger partial charge is 0.484 e. The monoisotopic (exact) mass is 372 g/mol. The molecule has 0 aliphatic carbocycles. The summed E-state index contributed by atoms with van der Waals surface area (Å²) in [5, 5.41) is 1.06. The quantitative estimate of drug-likeness (QED) is 0.677. The highest BCUT2D eigenvalue weighted by molar-refractivity contribution is 9.10. The Hall–Kier alpha value is -1.03. The summed E-state index contributed by atoms with van der Waals surface area (Å²) < 4.78 is 6.41. The molecule has 0 radical (unpaired) electrons. The van der Waals surface area contributed by atoms with Crippen LogP contribution < -0.4 is 4.74 Å². The van der Waals surface area contributed by atoms with Gasteiger partial charge in [-0.05, 0) is 48.9 Å². The van der Waals surface area contributed by atoms with Crippen LogP contribution in [0.3, 0.4) is 0 Å². The van der Waals surface area contributed by atoms with Crippen molar-refractivity contribution in [3.8, 4) is 5.75 Å². The Morgan fingerprint density at radius 2 is 1.85 bits per heavy atom. The van der Waals surface area contributed by atoms with Crippen molar-refractivity contribution in [1.29, 1.82) is 0 Å². The Bertz CT molecular complexity index is 616. The summed E-state index contributed by atoms with van der Waals surface area (Å²) >= 11 is 15.2. The van der Waals surface area contributed by atoms with E-state index in [4.69, 9.17) is 27.9 Å². The van der Waals surface area contributed by atoms with E-state index < -0.39 is 0 Å². The summed E-state index contributed by atoms with van der Waals surface area (Å²) in [6.07, 6.45) is 0. The molecule has 2 aromatic rings. The van der Waals surface area contributed by atoms with Crippen molar-refractivity contribution in [2.45, 2.75) is 6.92 Å². The van der Waals surface area contributed by atoms with Crippen molar-refractivity contribution in [2.75, 3.05) is 6.61 Å². The molecule has 0 heterocycles. The fraction of sp³-hybridized carbons (Fsp3) is 0.133. The number of carbonyl (C=O) groups excluding carboxylic acids is 1. The molecule has 0 N–H and O–H groups in total. The number of benzene rings is 2. The number of ketones is 1. The van der Waals surface area contributed by atoms with E-state index in [1.807, 2.05) is 13.0 Å². The molecule has 2 rings (SSSR count). The summed E-state index contributed by atoms with van der Waals surface area (Å²) in [4.78, 5) is 12.0. The molecule has 0 saturated carbocycles. The second kappa shape index (κ2) is 6.61. The van der Waals surface area contributed by atoms with Gasteiger partial charge in [0.2, 0.25) is 0 Å². The third-order valence-electron chi connectivity index (χ3n) is 2.71. The molecule has 0 bridgehead atoms.